The van der Waals surface area contributed by atoms with E-state index in [-0.39, 0.29) is 16.6 Å². The summed E-state index contributed by atoms with van der Waals surface area (Å²) in [5, 5.41) is 8.66. The fraction of sp³-hybridized carbons (Fsp3) is 0.0909. The molecule has 31 heavy (non-hydrogen) atoms. The van der Waals surface area contributed by atoms with Crippen LogP contribution in [0.15, 0.2) is 82.8 Å². The van der Waals surface area contributed by atoms with Crippen LogP contribution < -0.4 is 10.5 Å². The quantitative estimate of drug-likeness (QED) is 0.434. The number of aryl methyl sites for hydroxylation is 1. The van der Waals surface area contributed by atoms with Gasteiger partial charge in [-0.1, -0.05) is 48.2 Å². The number of carbonyl (C=O) groups is 1. The Labute approximate surface area is 184 Å². The van der Waals surface area contributed by atoms with Crippen LogP contribution in [0.2, 0.25) is 0 Å². The van der Waals surface area contributed by atoms with Crippen molar-refractivity contribution in [2.45, 2.75) is 17.0 Å². The Morgan fingerprint density at radius 1 is 1.06 bits per heavy atom. The maximum Gasteiger partial charge on any atom is 0.238 e. The van der Waals surface area contributed by atoms with Crippen molar-refractivity contribution in [3.05, 3.63) is 78.4 Å². The summed E-state index contributed by atoms with van der Waals surface area (Å²) in [5.74, 6) is -0.171. The lowest BCUT2D eigenvalue weighted by Crippen LogP contribution is -2.17. The number of nitrogens with one attached hydrogen (secondary N) is 1. The van der Waals surface area contributed by atoms with Crippen LogP contribution in [0.5, 0.6) is 0 Å². The highest BCUT2D eigenvalue weighted by atomic mass is 32.2. The second kappa shape index (κ2) is 8.54. The van der Waals surface area contributed by atoms with Crippen molar-refractivity contribution >= 4 is 44.4 Å². The summed E-state index contributed by atoms with van der Waals surface area (Å²) in [4.78, 5) is 17.2. The van der Waals surface area contributed by atoms with Gasteiger partial charge in [0.25, 0.3) is 0 Å². The van der Waals surface area contributed by atoms with Gasteiger partial charge in [0, 0.05) is 11.4 Å². The van der Waals surface area contributed by atoms with Crippen molar-refractivity contribution in [2.75, 3.05) is 11.1 Å². The van der Waals surface area contributed by atoms with Crippen LogP contribution in [0.25, 0.3) is 16.7 Å². The Balaban J connectivity index is 1.56. The minimum absolute atomic E-state index is 0.0103. The summed E-state index contributed by atoms with van der Waals surface area (Å²) < 4.78 is 25.4. The van der Waals surface area contributed by atoms with E-state index in [0.717, 1.165) is 16.7 Å². The third-order valence-electron chi connectivity index (χ3n) is 4.66. The van der Waals surface area contributed by atoms with Gasteiger partial charge in [0.1, 0.15) is 0 Å². The number of aromatic nitrogens is 2. The normalized spacial score (nSPS) is 11.5. The molecule has 1 heterocycles. The van der Waals surface area contributed by atoms with E-state index in [9.17, 15) is 13.2 Å². The topological polar surface area (TPSA) is 107 Å². The van der Waals surface area contributed by atoms with Gasteiger partial charge in [0.2, 0.25) is 15.9 Å². The third kappa shape index (κ3) is 4.63. The Morgan fingerprint density at radius 3 is 2.52 bits per heavy atom. The average molecular weight is 453 g/mol. The molecule has 1 amide bonds. The monoisotopic (exact) mass is 452 g/mol. The number of hydrogen-bond donors (Lipinski definition) is 2. The summed E-state index contributed by atoms with van der Waals surface area (Å²) in [6.07, 6.45) is 0. The van der Waals surface area contributed by atoms with Crippen LogP contribution in [0.4, 0.5) is 5.69 Å². The second-order valence-electron chi connectivity index (χ2n) is 6.92. The fourth-order valence-electron chi connectivity index (χ4n) is 3.24. The number of para-hydroxylation sites is 3. The molecule has 0 bridgehead atoms. The van der Waals surface area contributed by atoms with Gasteiger partial charge in [-0.3, -0.25) is 9.36 Å². The van der Waals surface area contributed by atoms with Crippen LogP contribution in [-0.4, -0.2) is 29.6 Å². The molecule has 0 saturated heterocycles. The molecule has 158 valence electrons. The number of sulfonamides is 1. The number of benzene rings is 3. The van der Waals surface area contributed by atoms with Gasteiger partial charge in [0.15, 0.2) is 5.16 Å². The number of imidazole rings is 1. The highest BCUT2D eigenvalue weighted by Crippen LogP contribution is 2.28. The molecule has 0 aliphatic rings. The van der Waals surface area contributed by atoms with Gasteiger partial charge in [-0.15, -0.1) is 0 Å². The van der Waals surface area contributed by atoms with E-state index >= 15 is 0 Å². The molecule has 0 aliphatic carbocycles. The molecule has 0 saturated carbocycles. The van der Waals surface area contributed by atoms with Crippen LogP contribution in [-0.2, 0) is 14.8 Å². The second-order valence-corrected chi connectivity index (χ2v) is 9.39. The highest BCUT2D eigenvalue weighted by Gasteiger charge is 2.16. The van der Waals surface area contributed by atoms with E-state index in [1.165, 1.54) is 17.8 Å². The Bertz CT molecular complexity index is 1370. The zero-order valence-corrected chi connectivity index (χ0v) is 18.3. The SMILES string of the molecule is Cc1ccc(NC(=O)CSc2nc3ccccc3n2-c2ccccc2)cc1S(N)(=O)=O. The van der Waals surface area contributed by atoms with E-state index in [4.69, 9.17) is 5.14 Å². The smallest absolute Gasteiger partial charge is 0.238 e. The van der Waals surface area contributed by atoms with Gasteiger partial charge in [0.05, 0.1) is 21.7 Å². The van der Waals surface area contributed by atoms with Gasteiger partial charge in [-0.25, -0.2) is 18.5 Å². The number of anilines is 1. The molecule has 1 aromatic heterocycles. The maximum absolute atomic E-state index is 12.5. The Kier molecular flexibility index (Phi) is 5.81. The molecule has 4 aromatic rings. The molecule has 9 heteroatoms. The van der Waals surface area contributed by atoms with Crippen LogP contribution in [0.1, 0.15) is 5.56 Å². The van der Waals surface area contributed by atoms with Crippen molar-refractivity contribution in [1.29, 1.82) is 0 Å². The molecule has 0 fully saturated rings. The maximum atomic E-state index is 12.5. The first-order valence-electron chi connectivity index (χ1n) is 9.42. The molecule has 4 rings (SSSR count). The third-order valence-corrected chi connectivity index (χ3v) is 6.65. The Morgan fingerprint density at radius 2 is 1.77 bits per heavy atom. The van der Waals surface area contributed by atoms with Gasteiger partial charge < -0.3 is 5.32 Å². The molecule has 0 unspecified atom stereocenters. The molecule has 0 atom stereocenters. The van der Waals surface area contributed by atoms with Crippen LogP contribution in [0.3, 0.4) is 0 Å². The Hall–Kier alpha value is -3.14. The lowest BCUT2D eigenvalue weighted by Gasteiger charge is -2.10. The molecule has 3 aromatic carbocycles. The molecule has 0 aliphatic heterocycles. The molecule has 7 nitrogen and oxygen atoms in total. The zero-order valence-electron chi connectivity index (χ0n) is 16.6. The number of carbonyl (C=O) groups excluding carboxylic acids is 1. The summed E-state index contributed by atoms with van der Waals surface area (Å²) in [6, 6.07) is 22.2. The van der Waals surface area contributed by atoms with E-state index < -0.39 is 10.0 Å². The predicted octanol–water partition coefficient (Wildman–Crippen LogP) is 3.71. The minimum atomic E-state index is -3.87. The first-order valence-corrected chi connectivity index (χ1v) is 11.9. The van der Waals surface area contributed by atoms with Gasteiger partial charge in [-0.2, -0.15) is 0 Å². The fourth-order valence-corrected chi connectivity index (χ4v) is 4.88. The summed E-state index contributed by atoms with van der Waals surface area (Å²) in [5.41, 5.74) is 3.64. The average Bonchev–Trinajstić information content (AvgIpc) is 3.12. The first kappa shape index (κ1) is 21.1. The van der Waals surface area contributed by atoms with Crippen molar-refractivity contribution in [1.82, 2.24) is 9.55 Å². The summed E-state index contributed by atoms with van der Waals surface area (Å²) in [6.45, 7) is 1.65. The number of amides is 1. The van der Waals surface area contributed by atoms with E-state index in [1.54, 1.807) is 19.1 Å². The number of nitrogens with two attached hydrogens (primary N) is 1. The van der Waals surface area contributed by atoms with Crippen molar-refractivity contribution in [2.24, 2.45) is 5.14 Å². The predicted molar refractivity (Wildman–Crippen MR) is 123 cm³/mol. The van der Waals surface area contributed by atoms with Gasteiger partial charge >= 0.3 is 0 Å². The highest BCUT2D eigenvalue weighted by molar-refractivity contribution is 7.99. The zero-order chi connectivity index (χ0) is 22.0. The molecular weight excluding hydrogens is 432 g/mol. The summed E-state index contributed by atoms with van der Waals surface area (Å²) >= 11 is 1.30. The van der Waals surface area contributed by atoms with Crippen molar-refractivity contribution < 1.29 is 13.2 Å². The molecule has 0 radical (unpaired) electrons. The number of primary sulfonamides is 1. The van der Waals surface area contributed by atoms with Crippen molar-refractivity contribution in [3.63, 3.8) is 0 Å². The first-order chi connectivity index (χ1) is 14.8. The number of thioether (sulfide) groups is 1. The lowest BCUT2D eigenvalue weighted by atomic mass is 10.2. The van der Waals surface area contributed by atoms with E-state index in [2.05, 4.69) is 10.3 Å². The van der Waals surface area contributed by atoms with E-state index in [0.29, 0.717) is 16.4 Å². The number of nitrogens with zero attached hydrogens (tertiary/aromatic N) is 2. The van der Waals surface area contributed by atoms with E-state index in [1.807, 2.05) is 59.2 Å². The van der Waals surface area contributed by atoms with Crippen LogP contribution >= 0.6 is 11.8 Å². The number of hydrogen-bond acceptors (Lipinski definition) is 5. The van der Waals surface area contributed by atoms with Crippen LogP contribution in [0, 0.1) is 6.92 Å². The largest absolute Gasteiger partial charge is 0.325 e. The standard InChI is InChI=1S/C22H20N4O3S2/c1-15-11-12-16(13-20(15)31(23,28)29)24-21(27)14-30-22-25-18-9-5-6-10-19(18)26(22)17-7-3-2-4-8-17/h2-13H,14H2,1H3,(H,24,27)(H2,23,28,29). The summed E-state index contributed by atoms with van der Waals surface area (Å²) in [7, 11) is -3.87. The molecular formula is C22H20N4O3S2. The number of fused-ring (bicyclic) bond motifs is 1. The van der Waals surface area contributed by atoms with Crippen molar-refractivity contribution in [3.8, 4) is 5.69 Å². The number of rotatable bonds is 6. The molecule has 0 spiro atoms. The molecule has 3 N–H and O–H groups in total. The lowest BCUT2D eigenvalue weighted by molar-refractivity contribution is -0.113. The minimum Gasteiger partial charge on any atom is -0.325 e. The van der Waals surface area contributed by atoms with Gasteiger partial charge in [-0.05, 0) is 48.9 Å².